The lowest BCUT2D eigenvalue weighted by Gasteiger charge is -2.15. The molecule has 2 atom stereocenters. The Bertz CT molecular complexity index is 1080. The molecule has 4 aromatic heterocycles. The molecule has 4 aromatic rings. The normalized spacial score (nSPS) is 19.6. The lowest BCUT2D eigenvalue weighted by molar-refractivity contribution is 0.282. The molecule has 146 valence electrons. The highest BCUT2D eigenvalue weighted by atomic mass is 16.5. The van der Waals surface area contributed by atoms with E-state index in [2.05, 4.69) is 26.1 Å². The molecule has 0 aromatic carbocycles. The van der Waals surface area contributed by atoms with Gasteiger partial charge in [-0.05, 0) is 42.8 Å². The first-order valence-corrected chi connectivity index (χ1v) is 9.68. The van der Waals surface area contributed by atoms with Crippen LogP contribution in [0.5, 0.6) is 0 Å². The van der Waals surface area contributed by atoms with Gasteiger partial charge in [0, 0.05) is 49.4 Å². The van der Waals surface area contributed by atoms with E-state index in [1.807, 2.05) is 43.5 Å². The summed E-state index contributed by atoms with van der Waals surface area (Å²) in [5.41, 5.74) is 2.08. The second-order valence-electron chi connectivity index (χ2n) is 7.40. The van der Waals surface area contributed by atoms with E-state index in [0.29, 0.717) is 11.7 Å². The first-order valence-electron chi connectivity index (χ1n) is 9.68. The van der Waals surface area contributed by atoms with Crippen LogP contribution < -0.4 is 0 Å². The smallest absolute Gasteiger partial charge is 0.232 e. The molecule has 7 nitrogen and oxygen atoms in total. The fourth-order valence-corrected chi connectivity index (χ4v) is 3.99. The second-order valence-corrected chi connectivity index (χ2v) is 7.40. The zero-order valence-corrected chi connectivity index (χ0v) is 16.1. The SMILES string of the molecule is Cc1ccc(CN2C[C@@H](c3cccnc3)[C@H](c3nc(-c4ccncc4)no3)C2)o1. The summed E-state index contributed by atoms with van der Waals surface area (Å²) in [5.74, 6) is 3.47. The van der Waals surface area contributed by atoms with E-state index >= 15 is 0 Å². The van der Waals surface area contributed by atoms with Crippen LogP contribution in [0.15, 0.2) is 70.1 Å². The molecule has 0 spiro atoms. The Labute approximate surface area is 168 Å². The predicted molar refractivity (Wildman–Crippen MR) is 106 cm³/mol. The van der Waals surface area contributed by atoms with Crippen LogP contribution in [-0.4, -0.2) is 38.1 Å². The van der Waals surface area contributed by atoms with Gasteiger partial charge in [0.25, 0.3) is 0 Å². The molecular weight excluding hydrogens is 366 g/mol. The summed E-state index contributed by atoms with van der Waals surface area (Å²) in [7, 11) is 0. The molecule has 5 rings (SSSR count). The van der Waals surface area contributed by atoms with Crippen molar-refractivity contribution in [1.82, 2.24) is 25.0 Å². The number of pyridine rings is 2. The van der Waals surface area contributed by atoms with E-state index < -0.39 is 0 Å². The van der Waals surface area contributed by atoms with Crippen LogP contribution in [0.4, 0.5) is 0 Å². The topological polar surface area (TPSA) is 81.1 Å². The summed E-state index contributed by atoms with van der Waals surface area (Å²) >= 11 is 0. The minimum Gasteiger partial charge on any atom is -0.465 e. The molecule has 0 aliphatic carbocycles. The average Bonchev–Trinajstić information content (AvgIpc) is 3.49. The van der Waals surface area contributed by atoms with Crippen molar-refractivity contribution in [3.63, 3.8) is 0 Å². The van der Waals surface area contributed by atoms with Crippen LogP contribution in [0.25, 0.3) is 11.4 Å². The zero-order chi connectivity index (χ0) is 19.6. The Morgan fingerprint density at radius 1 is 1.00 bits per heavy atom. The van der Waals surface area contributed by atoms with Crippen LogP contribution in [0, 0.1) is 6.92 Å². The summed E-state index contributed by atoms with van der Waals surface area (Å²) in [6, 6.07) is 11.9. The molecule has 7 heteroatoms. The van der Waals surface area contributed by atoms with Crippen molar-refractivity contribution < 1.29 is 8.94 Å². The number of hydrogen-bond donors (Lipinski definition) is 0. The largest absolute Gasteiger partial charge is 0.465 e. The summed E-state index contributed by atoms with van der Waals surface area (Å²) in [4.78, 5) is 15.4. The van der Waals surface area contributed by atoms with E-state index in [-0.39, 0.29) is 11.8 Å². The van der Waals surface area contributed by atoms with E-state index in [9.17, 15) is 0 Å². The maximum absolute atomic E-state index is 5.78. The van der Waals surface area contributed by atoms with Gasteiger partial charge in [0.15, 0.2) is 0 Å². The van der Waals surface area contributed by atoms with E-state index in [4.69, 9.17) is 13.9 Å². The number of nitrogens with zero attached hydrogens (tertiary/aromatic N) is 5. The summed E-state index contributed by atoms with van der Waals surface area (Å²) in [5, 5.41) is 4.20. The van der Waals surface area contributed by atoms with Gasteiger partial charge in [0.1, 0.15) is 11.5 Å². The summed E-state index contributed by atoms with van der Waals surface area (Å²) < 4.78 is 11.5. The van der Waals surface area contributed by atoms with Crippen LogP contribution in [-0.2, 0) is 6.54 Å². The number of rotatable bonds is 5. The number of aromatic nitrogens is 4. The molecule has 1 fully saturated rings. The lowest BCUT2D eigenvalue weighted by atomic mass is 9.90. The second kappa shape index (κ2) is 7.60. The molecule has 1 aliphatic heterocycles. The number of aryl methyl sites for hydroxylation is 1. The van der Waals surface area contributed by atoms with Crippen LogP contribution in [0.1, 0.15) is 34.8 Å². The van der Waals surface area contributed by atoms with E-state index in [1.165, 1.54) is 5.56 Å². The predicted octanol–water partition coefficient (Wildman–Crippen LogP) is 3.81. The maximum Gasteiger partial charge on any atom is 0.232 e. The van der Waals surface area contributed by atoms with Crippen LogP contribution in [0.2, 0.25) is 0 Å². The Morgan fingerprint density at radius 2 is 1.86 bits per heavy atom. The molecule has 0 N–H and O–H groups in total. The summed E-state index contributed by atoms with van der Waals surface area (Å²) in [6.45, 7) is 4.42. The van der Waals surface area contributed by atoms with Gasteiger partial charge in [-0.15, -0.1) is 0 Å². The molecule has 5 heterocycles. The Kier molecular flexibility index (Phi) is 4.65. The van der Waals surface area contributed by atoms with Gasteiger partial charge < -0.3 is 8.94 Å². The highest BCUT2D eigenvalue weighted by Gasteiger charge is 2.38. The number of likely N-dealkylation sites (tertiary alicyclic amines) is 1. The first kappa shape index (κ1) is 17.8. The van der Waals surface area contributed by atoms with Crippen molar-refractivity contribution in [1.29, 1.82) is 0 Å². The quantitative estimate of drug-likeness (QED) is 0.515. The maximum atomic E-state index is 5.78. The summed E-state index contributed by atoms with van der Waals surface area (Å²) in [6.07, 6.45) is 7.18. The monoisotopic (exact) mass is 387 g/mol. The van der Waals surface area contributed by atoms with Gasteiger partial charge in [-0.2, -0.15) is 4.98 Å². The molecule has 1 saturated heterocycles. The van der Waals surface area contributed by atoms with Gasteiger partial charge in [-0.1, -0.05) is 11.2 Å². The van der Waals surface area contributed by atoms with Crippen LogP contribution in [0.3, 0.4) is 0 Å². The third-order valence-corrected chi connectivity index (χ3v) is 5.38. The number of hydrogen-bond acceptors (Lipinski definition) is 7. The molecule has 1 aliphatic rings. The van der Waals surface area contributed by atoms with Gasteiger partial charge in [-0.25, -0.2) is 0 Å². The van der Waals surface area contributed by atoms with Crippen LogP contribution >= 0.6 is 0 Å². The Morgan fingerprint density at radius 3 is 2.62 bits per heavy atom. The third kappa shape index (κ3) is 3.69. The highest BCUT2D eigenvalue weighted by molar-refractivity contribution is 5.52. The fourth-order valence-electron chi connectivity index (χ4n) is 3.99. The standard InChI is InChI=1S/C22H21N5O2/c1-15-4-5-18(28-15)12-27-13-19(17-3-2-8-24-11-17)20(14-27)22-25-21(26-29-22)16-6-9-23-10-7-16/h2-11,19-20H,12-14H2,1H3/t19-,20+/m0/s1. The number of furan rings is 1. The van der Waals surface area contributed by atoms with Crippen molar-refractivity contribution >= 4 is 0 Å². The minimum absolute atomic E-state index is 0.0957. The lowest BCUT2D eigenvalue weighted by Crippen LogP contribution is -2.19. The molecule has 0 bridgehead atoms. The molecular formula is C22H21N5O2. The third-order valence-electron chi connectivity index (χ3n) is 5.38. The zero-order valence-electron chi connectivity index (χ0n) is 16.1. The van der Waals surface area contributed by atoms with Crippen molar-refractivity contribution in [2.45, 2.75) is 25.3 Å². The van der Waals surface area contributed by atoms with Crippen molar-refractivity contribution in [3.8, 4) is 11.4 Å². The Balaban J connectivity index is 1.43. The average molecular weight is 387 g/mol. The Hall–Kier alpha value is -3.32. The van der Waals surface area contributed by atoms with Crippen molar-refractivity contribution in [3.05, 3.63) is 84.2 Å². The molecule has 0 unspecified atom stereocenters. The fraction of sp³-hybridized carbons (Fsp3) is 0.273. The van der Waals surface area contributed by atoms with Gasteiger partial charge >= 0.3 is 0 Å². The first-order chi connectivity index (χ1) is 14.3. The van der Waals surface area contributed by atoms with E-state index in [0.717, 1.165) is 36.7 Å². The van der Waals surface area contributed by atoms with Gasteiger partial charge in [0.05, 0.1) is 12.5 Å². The molecule has 0 amide bonds. The minimum atomic E-state index is 0.0957. The van der Waals surface area contributed by atoms with E-state index in [1.54, 1.807) is 18.6 Å². The highest BCUT2D eigenvalue weighted by Crippen LogP contribution is 2.39. The van der Waals surface area contributed by atoms with Gasteiger partial charge in [-0.3, -0.25) is 14.9 Å². The molecule has 0 saturated carbocycles. The molecule has 0 radical (unpaired) electrons. The van der Waals surface area contributed by atoms with Crippen molar-refractivity contribution in [2.24, 2.45) is 0 Å². The molecule has 29 heavy (non-hydrogen) atoms. The van der Waals surface area contributed by atoms with Crippen molar-refractivity contribution in [2.75, 3.05) is 13.1 Å². The van der Waals surface area contributed by atoms with Gasteiger partial charge in [0.2, 0.25) is 11.7 Å².